The van der Waals surface area contributed by atoms with Crippen molar-refractivity contribution in [3.05, 3.63) is 57.8 Å². The Morgan fingerprint density at radius 3 is 2.58 bits per heavy atom. The molecular weight excluding hydrogens is 279 g/mol. The van der Waals surface area contributed by atoms with E-state index in [4.69, 9.17) is 23.2 Å². The zero-order chi connectivity index (χ0) is 13.8. The summed E-state index contributed by atoms with van der Waals surface area (Å²) in [6.07, 6.45) is 2.67. The van der Waals surface area contributed by atoms with Gasteiger partial charge in [0, 0.05) is 17.3 Å². The predicted octanol–water partition coefficient (Wildman–Crippen LogP) is 4.74. The monoisotopic (exact) mass is 294 g/mol. The summed E-state index contributed by atoms with van der Waals surface area (Å²) in [6.45, 7) is 4.12. The number of hydrogen-bond donors (Lipinski definition) is 1. The van der Waals surface area contributed by atoms with Crippen LogP contribution in [0.5, 0.6) is 0 Å². The molecule has 0 aliphatic carbocycles. The highest BCUT2D eigenvalue weighted by molar-refractivity contribution is 6.32. The highest BCUT2D eigenvalue weighted by atomic mass is 35.5. The van der Waals surface area contributed by atoms with Gasteiger partial charge in [0.1, 0.15) is 0 Å². The van der Waals surface area contributed by atoms with Crippen molar-refractivity contribution in [2.24, 2.45) is 0 Å². The largest absolute Gasteiger partial charge is 0.380 e. The number of anilines is 1. The predicted molar refractivity (Wildman–Crippen MR) is 82.2 cm³/mol. The summed E-state index contributed by atoms with van der Waals surface area (Å²) in [5.41, 5.74) is 3.20. The van der Waals surface area contributed by atoms with E-state index in [-0.39, 0.29) is 6.04 Å². The molecule has 0 spiro atoms. The minimum Gasteiger partial charge on any atom is -0.380 e. The fourth-order valence-corrected chi connectivity index (χ4v) is 2.23. The molecule has 2 aromatic rings. The Bertz CT molecular complexity index is 553. The molecule has 100 valence electrons. The summed E-state index contributed by atoms with van der Waals surface area (Å²) in [6, 6.07) is 10.2. The summed E-state index contributed by atoms with van der Waals surface area (Å²) in [7, 11) is 0. The first-order valence-electron chi connectivity index (χ1n) is 6.17. The Morgan fingerprint density at radius 1 is 1.21 bits per heavy atom. The molecule has 0 saturated heterocycles. The summed E-state index contributed by atoms with van der Waals surface area (Å²) < 4.78 is 0. The molecule has 0 radical (unpaired) electrons. The van der Waals surface area contributed by atoms with Gasteiger partial charge in [-0.2, -0.15) is 0 Å². The Kier molecular flexibility index (Phi) is 4.67. The molecule has 4 heteroatoms. The number of hydrogen-bond acceptors (Lipinski definition) is 2. The Labute approximate surface area is 123 Å². The van der Waals surface area contributed by atoms with Crippen LogP contribution < -0.4 is 5.32 Å². The van der Waals surface area contributed by atoms with E-state index in [1.807, 2.05) is 37.3 Å². The second-order valence-corrected chi connectivity index (χ2v) is 5.52. The van der Waals surface area contributed by atoms with Crippen LogP contribution in [0.1, 0.15) is 18.1 Å². The number of halogens is 2. The third-order valence-corrected chi connectivity index (χ3v) is 3.39. The van der Waals surface area contributed by atoms with Gasteiger partial charge in [0.05, 0.1) is 5.69 Å². The third kappa shape index (κ3) is 4.12. The topological polar surface area (TPSA) is 24.9 Å². The molecule has 0 amide bonds. The van der Waals surface area contributed by atoms with Gasteiger partial charge in [-0.3, -0.25) is 0 Å². The lowest BCUT2D eigenvalue weighted by molar-refractivity contribution is 0.789. The Hall–Kier alpha value is -1.25. The number of pyridine rings is 1. The Balaban J connectivity index is 2.02. The van der Waals surface area contributed by atoms with Crippen molar-refractivity contribution < 1.29 is 0 Å². The average molecular weight is 295 g/mol. The molecule has 1 atom stereocenters. The quantitative estimate of drug-likeness (QED) is 0.824. The molecule has 1 unspecified atom stereocenters. The first kappa shape index (κ1) is 14.2. The number of nitrogens with one attached hydrogen (secondary N) is 1. The van der Waals surface area contributed by atoms with Gasteiger partial charge in [0.15, 0.2) is 5.15 Å². The van der Waals surface area contributed by atoms with Crippen LogP contribution in [-0.2, 0) is 6.42 Å². The van der Waals surface area contributed by atoms with Crippen LogP contribution in [0.4, 0.5) is 5.69 Å². The molecule has 1 aromatic heterocycles. The van der Waals surface area contributed by atoms with Crippen LogP contribution in [-0.4, -0.2) is 11.0 Å². The van der Waals surface area contributed by atoms with Crippen LogP contribution in [0, 0.1) is 6.92 Å². The van der Waals surface area contributed by atoms with E-state index in [1.54, 1.807) is 6.20 Å². The molecule has 19 heavy (non-hydrogen) atoms. The van der Waals surface area contributed by atoms with Gasteiger partial charge in [0.25, 0.3) is 0 Å². The molecule has 2 rings (SSSR count). The van der Waals surface area contributed by atoms with E-state index < -0.39 is 0 Å². The van der Waals surface area contributed by atoms with Crippen molar-refractivity contribution in [1.29, 1.82) is 0 Å². The van der Waals surface area contributed by atoms with Gasteiger partial charge in [-0.15, -0.1) is 0 Å². The molecule has 0 aliphatic rings. The maximum atomic E-state index is 6.07. The van der Waals surface area contributed by atoms with Crippen LogP contribution in [0.25, 0.3) is 0 Å². The van der Waals surface area contributed by atoms with Crippen LogP contribution in [0.3, 0.4) is 0 Å². The molecule has 1 heterocycles. The molecule has 0 fully saturated rings. The van der Waals surface area contributed by atoms with Gasteiger partial charge in [-0.1, -0.05) is 35.3 Å². The van der Waals surface area contributed by atoms with Gasteiger partial charge in [-0.25, -0.2) is 4.98 Å². The zero-order valence-electron chi connectivity index (χ0n) is 11.0. The maximum absolute atomic E-state index is 6.07. The molecular formula is C15H16Cl2N2. The van der Waals surface area contributed by atoms with E-state index in [9.17, 15) is 0 Å². The smallest absolute Gasteiger partial charge is 0.152 e. The lowest BCUT2D eigenvalue weighted by Gasteiger charge is -2.16. The third-order valence-electron chi connectivity index (χ3n) is 2.83. The molecule has 2 nitrogen and oxygen atoms in total. The summed E-state index contributed by atoms with van der Waals surface area (Å²) in [5.74, 6) is 0. The summed E-state index contributed by atoms with van der Waals surface area (Å²) >= 11 is 11.9. The normalized spacial score (nSPS) is 12.2. The second-order valence-electron chi connectivity index (χ2n) is 4.73. The lowest BCUT2D eigenvalue weighted by Crippen LogP contribution is -2.18. The van der Waals surface area contributed by atoms with Crippen molar-refractivity contribution in [1.82, 2.24) is 4.98 Å². The van der Waals surface area contributed by atoms with E-state index in [0.717, 1.165) is 22.7 Å². The fraction of sp³-hybridized carbons (Fsp3) is 0.267. The van der Waals surface area contributed by atoms with E-state index in [0.29, 0.717) is 5.15 Å². The fourth-order valence-electron chi connectivity index (χ4n) is 1.94. The zero-order valence-corrected chi connectivity index (χ0v) is 12.5. The van der Waals surface area contributed by atoms with Crippen LogP contribution in [0.2, 0.25) is 10.2 Å². The van der Waals surface area contributed by atoms with E-state index in [2.05, 4.69) is 17.2 Å². The molecule has 0 aliphatic heterocycles. The first-order chi connectivity index (χ1) is 9.04. The van der Waals surface area contributed by atoms with Crippen molar-refractivity contribution >= 4 is 28.9 Å². The minimum absolute atomic E-state index is 0.266. The van der Waals surface area contributed by atoms with E-state index in [1.165, 1.54) is 5.56 Å². The first-order valence-corrected chi connectivity index (χ1v) is 6.93. The molecule has 1 N–H and O–H groups in total. The van der Waals surface area contributed by atoms with Crippen LogP contribution in [0.15, 0.2) is 36.5 Å². The minimum atomic E-state index is 0.266. The maximum Gasteiger partial charge on any atom is 0.152 e. The van der Waals surface area contributed by atoms with Gasteiger partial charge >= 0.3 is 0 Å². The number of aryl methyl sites for hydroxylation is 1. The van der Waals surface area contributed by atoms with Crippen molar-refractivity contribution in [3.63, 3.8) is 0 Å². The number of benzene rings is 1. The highest BCUT2D eigenvalue weighted by Crippen LogP contribution is 2.21. The number of aromatic nitrogens is 1. The van der Waals surface area contributed by atoms with Crippen molar-refractivity contribution in [2.75, 3.05) is 5.32 Å². The molecule has 0 saturated carbocycles. The van der Waals surface area contributed by atoms with Gasteiger partial charge in [0.2, 0.25) is 0 Å². The molecule has 0 bridgehead atoms. The number of rotatable bonds is 4. The standard InChI is InChI=1S/C15H16Cl2N2/c1-10-7-14(15(17)18-9-10)19-11(2)8-12-3-5-13(16)6-4-12/h3-7,9,11,19H,8H2,1-2H3. The highest BCUT2D eigenvalue weighted by Gasteiger charge is 2.07. The van der Waals surface area contributed by atoms with Crippen LogP contribution >= 0.6 is 23.2 Å². The van der Waals surface area contributed by atoms with Gasteiger partial charge in [-0.05, 0) is 49.6 Å². The summed E-state index contributed by atoms with van der Waals surface area (Å²) in [5, 5.41) is 4.65. The lowest BCUT2D eigenvalue weighted by atomic mass is 10.1. The Morgan fingerprint density at radius 2 is 1.89 bits per heavy atom. The van der Waals surface area contributed by atoms with E-state index >= 15 is 0 Å². The summed E-state index contributed by atoms with van der Waals surface area (Å²) in [4.78, 5) is 4.14. The average Bonchev–Trinajstić information content (AvgIpc) is 2.37. The second kappa shape index (κ2) is 6.27. The van der Waals surface area contributed by atoms with Crippen molar-refractivity contribution in [2.45, 2.75) is 26.3 Å². The molecule has 1 aromatic carbocycles. The SMILES string of the molecule is Cc1cnc(Cl)c(NC(C)Cc2ccc(Cl)cc2)c1. The van der Waals surface area contributed by atoms with Gasteiger partial charge < -0.3 is 5.32 Å². The van der Waals surface area contributed by atoms with Crippen molar-refractivity contribution in [3.8, 4) is 0 Å². The number of nitrogens with zero attached hydrogens (tertiary/aromatic N) is 1.